The van der Waals surface area contributed by atoms with Crippen LogP contribution in [0.15, 0.2) is 4.99 Å². The summed E-state index contributed by atoms with van der Waals surface area (Å²) < 4.78 is 0. The third-order valence-electron chi connectivity index (χ3n) is 1.71. The number of hydrogen-bond acceptors (Lipinski definition) is 3. The number of thioether (sulfide) groups is 1. The molecule has 0 aromatic heterocycles. The summed E-state index contributed by atoms with van der Waals surface area (Å²) in [6.07, 6.45) is 0. The SMILES string of the molecule is BrC1CN=C2SCCN2C1. The third-order valence-corrected chi connectivity index (χ3v) is 3.32. The van der Waals surface area contributed by atoms with E-state index in [-0.39, 0.29) is 0 Å². The first-order valence-electron chi connectivity index (χ1n) is 3.42. The van der Waals surface area contributed by atoms with Crippen molar-refractivity contribution in [3.05, 3.63) is 0 Å². The number of nitrogens with zero attached hydrogens (tertiary/aromatic N) is 2. The van der Waals surface area contributed by atoms with Crippen LogP contribution in [-0.4, -0.2) is 40.3 Å². The predicted octanol–water partition coefficient (Wildman–Crippen LogP) is 1.17. The Kier molecular flexibility index (Phi) is 1.91. The molecule has 1 fully saturated rings. The second-order valence-corrected chi connectivity index (χ2v) is 4.87. The highest BCUT2D eigenvalue weighted by molar-refractivity contribution is 9.09. The van der Waals surface area contributed by atoms with Gasteiger partial charge in [0.15, 0.2) is 5.17 Å². The molecule has 0 bridgehead atoms. The first kappa shape index (κ1) is 6.98. The molecule has 1 unspecified atom stereocenters. The molecule has 2 nitrogen and oxygen atoms in total. The van der Waals surface area contributed by atoms with Gasteiger partial charge in [-0.15, -0.1) is 0 Å². The molecule has 56 valence electrons. The van der Waals surface area contributed by atoms with Crippen molar-refractivity contribution in [2.24, 2.45) is 4.99 Å². The first-order valence-corrected chi connectivity index (χ1v) is 5.32. The zero-order valence-corrected chi connectivity index (χ0v) is 7.99. The van der Waals surface area contributed by atoms with Gasteiger partial charge in [-0.2, -0.15) is 0 Å². The van der Waals surface area contributed by atoms with Crippen LogP contribution in [0.3, 0.4) is 0 Å². The van der Waals surface area contributed by atoms with Crippen molar-refractivity contribution in [1.29, 1.82) is 0 Å². The van der Waals surface area contributed by atoms with Gasteiger partial charge in [-0.3, -0.25) is 4.99 Å². The molecule has 1 atom stereocenters. The minimum Gasteiger partial charge on any atom is -0.349 e. The maximum absolute atomic E-state index is 4.43. The molecule has 0 saturated carbocycles. The Morgan fingerprint density at radius 3 is 3.50 bits per heavy atom. The Balaban J connectivity index is 2.12. The van der Waals surface area contributed by atoms with Crippen molar-refractivity contribution in [1.82, 2.24) is 4.90 Å². The van der Waals surface area contributed by atoms with Crippen molar-refractivity contribution < 1.29 is 0 Å². The summed E-state index contributed by atoms with van der Waals surface area (Å²) in [7, 11) is 0. The minimum atomic E-state index is 0.579. The molecule has 2 aliphatic rings. The summed E-state index contributed by atoms with van der Waals surface area (Å²) in [5.41, 5.74) is 0. The predicted molar refractivity (Wildman–Crippen MR) is 49.0 cm³/mol. The first-order chi connectivity index (χ1) is 4.86. The lowest BCUT2D eigenvalue weighted by molar-refractivity contribution is 0.443. The van der Waals surface area contributed by atoms with Gasteiger partial charge in [0.2, 0.25) is 0 Å². The smallest absolute Gasteiger partial charge is 0.159 e. The van der Waals surface area contributed by atoms with E-state index in [0.717, 1.165) is 13.1 Å². The van der Waals surface area contributed by atoms with Crippen molar-refractivity contribution in [3.63, 3.8) is 0 Å². The zero-order chi connectivity index (χ0) is 6.97. The molecule has 2 rings (SSSR count). The fourth-order valence-corrected chi connectivity index (χ4v) is 2.73. The van der Waals surface area contributed by atoms with Crippen molar-refractivity contribution >= 4 is 32.9 Å². The highest BCUT2D eigenvalue weighted by atomic mass is 79.9. The van der Waals surface area contributed by atoms with Crippen LogP contribution >= 0.6 is 27.7 Å². The zero-order valence-electron chi connectivity index (χ0n) is 5.59. The molecule has 0 radical (unpaired) electrons. The maximum Gasteiger partial charge on any atom is 0.159 e. The van der Waals surface area contributed by atoms with Crippen LogP contribution in [0.2, 0.25) is 0 Å². The number of rotatable bonds is 0. The molecule has 10 heavy (non-hydrogen) atoms. The van der Waals surface area contributed by atoms with Crippen LogP contribution in [0, 0.1) is 0 Å². The van der Waals surface area contributed by atoms with Gasteiger partial charge in [-0.25, -0.2) is 0 Å². The van der Waals surface area contributed by atoms with E-state index in [2.05, 4.69) is 25.8 Å². The van der Waals surface area contributed by atoms with E-state index < -0.39 is 0 Å². The number of aliphatic imine (C=N–C) groups is 1. The highest BCUT2D eigenvalue weighted by Gasteiger charge is 2.24. The Morgan fingerprint density at radius 1 is 1.70 bits per heavy atom. The van der Waals surface area contributed by atoms with Gasteiger partial charge in [-0.1, -0.05) is 27.7 Å². The van der Waals surface area contributed by atoms with E-state index >= 15 is 0 Å². The van der Waals surface area contributed by atoms with Gasteiger partial charge >= 0.3 is 0 Å². The normalized spacial score (nSPS) is 31.9. The third kappa shape index (κ3) is 1.19. The Bertz CT molecular complexity index is 171. The van der Waals surface area contributed by atoms with Gasteiger partial charge in [0.1, 0.15) is 0 Å². The molecule has 0 aromatic carbocycles. The Morgan fingerprint density at radius 2 is 2.60 bits per heavy atom. The van der Waals surface area contributed by atoms with Gasteiger partial charge in [0.25, 0.3) is 0 Å². The molecule has 0 N–H and O–H groups in total. The molecule has 0 amide bonds. The van der Waals surface area contributed by atoms with E-state index in [4.69, 9.17) is 0 Å². The average molecular weight is 221 g/mol. The summed E-state index contributed by atoms with van der Waals surface area (Å²) in [5.74, 6) is 1.22. The number of hydrogen-bond donors (Lipinski definition) is 0. The summed E-state index contributed by atoms with van der Waals surface area (Å²) in [5, 5.41) is 1.26. The van der Waals surface area contributed by atoms with Crippen LogP contribution < -0.4 is 0 Å². The number of amidine groups is 1. The molecule has 0 spiro atoms. The van der Waals surface area contributed by atoms with E-state index in [0.29, 0.717) is 4.83 Å². The van der Waals surface area contributed by atoms with Gasteiger partial charge in [0.05, 0.1) is 11.4 Å². The minimum absolute atomic E-state index is 0.579. The van der Waals surface area contributed by atoms with E-state index in [9.17, 15) is 0 Å². The fourth-order valence-electron chi connectivity index (χ4n) is 1.22. The molecular formula is C6H9BrN2S. The van der Waals surface area contributed by atoms with Crippen LogP contribution in [0.5, 0.6) is 0 Å². The lowest BCUT2D eigenvalue weighted by atomic mass is 10.3. The quantitative estimate of drug-likeness (QED) is 0.570. The number of halogens is 1. The molecule has 1 saturated heterocycles. The maximum atomic E-state index is 4.43. The second-order valence-electron chi connectivity index (χ2n) is 2.52. The van der Waals surface area contributed by atoms with Crippen LogP contribution in [-0.2, 0) is 0 Å². The van der Waals surface area contributed by atoms with Crippen molar-refractivity contribution in [3.8, 4) is 0 Å². The monoisotopic (exact) mass is 220 g/mol. The van der Waals surface area contributed by atoms with E-state index in [1.165, 1.54) is 17.5 Å². The summed E-state index contributed by atoms with van der Waals surface area (Å²) in [4.78, 5) is 7.36. The van der Waals surface area contributed by atoms with Crippen LogP contribution in [0.1, 0.15) is 0 Å². The number of fused-ring (bicyclic) bond motifs is 1. The molecular weight excluding hydrogens is 212 g/mol. The summed E-state index contributed by atoms with van der Waals surface area (Å²) in [6, 6.07) is 0. The fraction of sp³-hybridized carbons (Fsp3) is 0.833. The summed E-state index contributed by atoms with van der Waals surface area (Å²) in [6.45, 7) is 3.29. The number of alkyl halides is 1. The Hall–Kier alpha value is 0.300. The largest absolute Gasteiger partial charge is 0.349 e. The topological polar surface area (TPSA) is 15.6 Å². The molecule has 2 heterocycles. The van der Waals surface area contributed by atoms with Crippen molar-refractivity contribution in [2.75, 3.05) is 25.4 Å². The van der Waals surface area contributed by atoms with Gasteiger partial charge in [0, 0.05) is 18.8 Å². The van der Waals surface area contributed by atoms with Crippen molar-refractivity contribution in [2.45, 2.75) is 4.83 Å². The van der Waals surface area contributed by atoms with E-state index in [1.807, 2.05) is 11.8 Å². The molecule has 0 aliphatic carbocycles. The van der Waals surface area contributed by atoms with Crippen LogP contribution in [0.25, 0.3) is 0 Å². The lowest BCUT2D eigenvalue weighted by Gasteiger charge is -2.24. The molecule has 4 heteroatoms. The van der Waals surface area contributed by atoms with Crippen LogP contribution in [0.4, 0.5) is 0 Å². The average Bonchev–Trinajstić information content (AvgIpc) is 2.33. The lowest BCUT2D eigenvalue weighted by Crippen LogP contribution is -2.36. The standard InChI is InChI=1S/C6H9BrN2S/c7-5-3-8-6-9(4-5)1-2-10-6/h5H,1-4H2. The van der Waals surface area contributed by atoms with Gasteiger partial charge < -0.3 is 4.90 Å². The second kappa shape index (κ2) is 2.74. The highest BCUT2D eigenvalue weighted by Crippen LogP contribution is 2.23. The molecule has 2 aliphatic heterocycles. The van der Waals surface area contributed by atoms with E-state index in [1.54, 1.807) is 0 Å². The molecule has 0 aromatic rings. The Labute approximate surface area is 73.2 Å². The van der Waals surface area contributed by atoms with Gasteiger partial charge in [-0.05, 0) is 0 Å². The summed E-state index contributed by atoms with van der Waals surface area (Å²) >= 11 is 5.45.